The Kier molecular flexibility index (Phi) is 4.84. The molecule has 1 atom stereocenters. The van der Waals surface area contributed by atoms with Gasteiger partial charge in [0.25, 0.3) is 0 Å². The average molecular weight is 290 g/mol. The zero-order valence-electron chi connectivity index (χ0n) is 11.8. The molecule has 0 amide bonds. The van der Waals surface area contributed by atoms with Crippen molar-refractivity contribution in [3.8, 4) is 0 Å². The summed E-state index contributed by atoms with van der Waals surface area (Å²) in [5, 5.41) is 3.96. The molecule has 0 saturated carbocycles. The predicted molar refractivity (Wildman–Crippen MR) is 82.6 cm³/mol. The molecule has 0 bridgehead atoms. The van der Waals surface area contributed by atoms with Crippen molar-refractivity contribution in [2.45, 2.75) is 19.9 Å². The Balaban J connectivity index is 2.43. The Bertz CT molecular complexity index is 552. The van der Waals surface area contributed by atoms with E-state index in [9.17, 15) is 4.79 Å². The van der Waals surface area contributed by atoms with Crippen LogP contribution in [0, 0.1) is 0 Å². The van der Waals surface area contributed by atoms with Crippen LogP contribution in [-0.4, -0.2) is 24.0 Å². The van der Waals surface area contributed by atoms with E-state index in [4.69, 9.17) is 4.74 Å². The molecule has 0 unspecified atom stereocenters. The standard InChI is InChI=1S/C15H18N2O2S/c1-4-19-14(18)12-10(2)16-15(20-3)17-13(12)11-8-6-5-7-9-11/h5-9,13H,4H2,1-3H3,(H,16,17)/t13-/m1/s1. The Morgan fingerprint density at radius 1 is 1.40 bits per heavy atom. The SMILES string of the molecule is CCOC(=O)C1=C(C)NC(SC)=N[C@@H]1c1ccccc1. The molecule has 0 saturated heterocycles. The molecule has 2 rings (SSSR count). The molecule has 5 heteroatoms. The molecule has 0 radical (unpaired) electrons. The van der Waals surface area contributed by atoms with Gasteiger partial charge in [0.2, 0.25) is 0 Å². The molecule has 1 heterocycles. The third-order valence-corrected chi connectivity index (χ3v) is 3.62. The summed E-state index contributed by atoms with van der Waals surface area (Å²) in [6.07, 6.45) is 1.95. The van der Waals surface area contributed by atoms with Crippen LogP contribution < -0.4 is 5.32 Å². The quantitative estimate of drug-likeness (QED) is 0.870. The van der Waals surface area contributed by atoms with E-state index >= 15 is 0 Å². The maximum Gasteiger partial charge on any atom is 0.338 e. The number of aliphatic imine (C=N–C) groups is 1. The van der Waals surface area contributed by atoms with Gasteiger partial charge in [-0.1, -0.05) is 42.1 Å². The molecule has 4 nitrogen and oxygen atoms in total. The molecular formula is C15H18N2O2S. The first-order valence-corrected chi connectivity index (χ1v) is 7.71. The summed E-state index contributed by atoms with van der Waals surface area (Å²) in [6.45, 7) is 4.04. The minimum atomic E-state index is -0.310. The predicted octanol–water partition coefficient (Wildman–Crippen LogP) is 2.89. The topological polar surface area (TPSA) is 50.7 Å². The number of esters is 1. The highest BCUT2D eigenvalue weighted by atomic mass is 32.2. The number of benzene rings is 1. The number of ether oxygens (including phenoxy) is 1. The highest BCUT2D eigenvalue weighted by Gasteiger charge is 2.29. The van der Waals surface area contributed by atoms with Gasteiger partial charge < -0.3 is 10.1 Å². The van der Waals surface area contributed by atoms with Gasteiger partial charge in [-0.15, -0.1) is 0 Å². The number of thioether (sulfide) groups is 1. The molecule has 106 valence electrons. The summed E-state index contributed by atoms with van der Waals surface area (Å²) in [6, 6.07) is 9.49. The minimum absolute atomic E-state index is 0.307. The smallest absolute Gasteiger partial charge is 0.338 e. The first-order valence-electron chi connectivity index (χ1n) is 6.49. The van der Waals surface area contributed by atoms with E-state index in [1.807, 2.05) is 43.5 Å². The summed E-state index contributed by atoms with van der Waals surface area (Å²) in [5.74, 6) is -0.310. The number of nitrogens with one attached hydrogen (secondary N) is 1. The zero-order valence-corrected chi connectivity index (χ0v) is 12.7. The number of carbonyl (C=O) groups excluding carboxylic acids is 1. The number of amidine groups is 1. The van der Waals surface area contributed by atoms with E-state index in [1.165, 1.54) is 11.8 Å². The third-order valence-electron chi connectivity index (χ3n) is 3.02. The molecule has 1 aromatic rings. The van der Waals surface area contributed by atoms with Crippen molar-refractivity contribution in [1.29, 1.82) is 0 Å². The summed E-state index contributed by atoms with van der Waals surface area (Å²) in [5.41, 5.74) is 2.37. The van der Waals surface area contributed by atoms with Crippen molar-refractivity contribution < 1.29 is 9.53 Å². The lowest BCUT2D eigenvalue weighted by atomic mass is 9.97. The summed E-state index contributed by atoms with van der Waals surface area (Å²) >= 11 is 1.53. The molecule has 1 N–H and O–H groups in total. The third kappa shape index (κ3) is 3.04. The molecule has 1 aromatic carbocycles. The van der Waals surface area contributed by atoms with Crippen LogP contribution in [0.2, 0.25) is 0 Å². The van der Waals surface area contributed by atoms with Gasteiger partial charge in [-0.2, -0.15) is 0 Å². The van der Waals surface area contributed by atoms with E-state index in [-0.39, 0.29) is 12.0 Å². The lowest BCUT2D eigenvalue weighted by molar-refractivity contribution is -0.138. The molecule has 0 fully saturated rings. The molecular weight excluding hydrogens is 272 g/mol. The molecule has 1 aliphatic rings. The largest absolute Gasteiger partial charge is 0.463 e. The highest BCUT2D eigenvalue weighted by molar-refractivity contribution is 8.13. The highest BCUT2D eigenvalue weighted by Crippen LogP contribution is 2.32. The lowest BCUT2D eigenvalue weighted by Crippen LogP contribution is -2.30. The fraction of sp³-hybridized carbons (Fsp3) is 0.333. The number of allylic oxidation sites excluding steroid dienone is 1. The van der Waals surface area contributed by atoms with E-state index < -0.39 is 0 Å². The number of nitrogens with zero attached hydrogens (tertiary/aromatic N) is 1. The maximum atomic E-state index is 12.2. The van der Waals surface area contributed by atoms with Crippen LogP contribution >= 0.6 is 11.8 Å². The van der Waals surface area contributed by atoms with Crippen LogP contribution in [0.5, 0.6) is 0 Å². The normalized spacial score (nSPS) is 18.4. The lowest BCUT2D eigenvalue weighted by Gasteiger charge is -2.25. The van der Waals surface area contributed by atoms with Gasteiger partial charge in [0, 0.05) is 5.70 Å². The molecule has 0 aliphatic carbocycles. The molecule has 1 aliphatic heterocycles. The fourth-order valence-electron chi connectivity index (χ4n) is 2.10. The van der Waals surface area contributed by atoms with Gasteiger partial charge in [-0.05, 0) is 25.7 Å². The number of hydrogen-bond acceptors (Lipinski definition) is 5. The van der Waals surface area contributed by atoms with Crippen molar-refractivity contribution in [1.82, 2.24) is 5.32 Å². The minimum Gasteiger partial charge on any atom is -0.463 e. The van der Waals surface area contributed by atoms with E-state index in [0.717, 1.165) is 16.4 Å². The monoisotopic (exact) mass is 290 g/mol. The van der Waals surface area contributed by atoms with Gasteiger partial charge in [0.1, 0.15) is 6.04 Å². The number of carbonyl (C=O) groups is 1. The summed E-state index contributed by atoms with van der Waals surface area (Å²) < 4.78 is 5.16. The van der Waals surface area contributed by atoms with Crippen molar-refractivity contribution in [3.05, 3.63) is 47.2 Å². The van der Waals surface area contributed by atoms with Crippen molar-refractivity contribution in [2.75, 3.05) is 12.9 Å². The molecule has 0 aromatic heterocycles. The second-order valence-electron chi connectivity index (χ2n) is 4.34. The van der Waals surface area contributed by atoms with Gasteiger partial charge >= 0.3 is 5.97 Å². The molecule has 20 heavy (non-hydrogen) atoms. The Morgan fingerprint density at radius 3 is 2.70 bits per heavy atom. The summed E-state index contributed by atoms with van der Waals surface area (Å²) in [4.78, 5) is 16.8. The van der Waals surface area contributed by atoms with Crippen LogP contribution in [0.25, 0.3) is 0 Å². The Morgan fingerprint density at radius 2 is 2.10 bits per heavy atom. The second kappa shape index (κ2) is 6.61. The van der Waals surface area contributed by atoms with E-state index in [0.29, 0.717) is 12.2 Å². The van der Waals surface area contributed by atoms with Gasteiger partial charge in [-0.25, -0.2) is 9.79 Å². The fourth-order valence-corrected chi connectivity index (χ4v) is 2.57. The van der Waals surface area contributed by atoms with Crippen molar-refractivity contribution in [3.63, 3.8) is 0 Å². The van der Waals surface area contributed by atoms with E-state index in [2.05, 4.69) is 10.3 Å². The van der Waals surface area contributed by atoms with Gasteiger partial charge in [0.05, 0.1) is 12.2 Å². The van der Waals surface area contributed by atoms with Crippen molar-refractivity contribution >= 4 is 22.9 Å². The van der Waals surface area contributed by atoms with Crippen molar-refractivity contribution in [2.24, 2.45) is 4.99 Å². The van der Waals surface area contributed by atoms with Crippen LogP contribution in [0.15, 0.2) is 46.6 Å². The van der Waals surface area contributed by atoms with Crippen LogP contribution in [0.3, 0.4) is 0 Å². The van der Waals surface area contributed by atoms with Crippen LogP contribution in [0.4, 0.5) is 0 Å². The Labute approximate surface area is 123 Å². The number of rotatable bonds is 3. The summed E-state index contributed by atoms with van der Waals surface area (Å²) in [7, 11) is 0. The first kappa shape index (κ1) is 14.7. The zero-order chi connectivity index (χ0) is 14.5. The van der Waals surface area contributed by atoms with Gasteiger partial charge in [0.15, 0.2) is 5.17 Å². The maximum absolute atomic E-state index is 12.2. The molecule has 0 spiro atoms. The van der Waals surface area contributed by atoms with Crippen LogP contribution in [-0.2, 0) is 9.53 Å². The Hall–Kier alpha value is -1.75. The second-order valence-corrected chi connectivity index (χ2v) is 5.13. The first-order chi connectivity index (χ1) is 9.67. The van der Waals surface area contributed by atoms with Crippen LogP contribution in [0.1, 0.15) is 25.5 Å². The van der Waals surface area contributed by atoms with E-state index in [1.54, 1.807) is 6.92 Å². The number of hydrogen-bond donors (Lipinski definition) is 1. The average Bonchev–Trinajstić information content (AvgIpc) is 2.47. The van der Waals surface area contributed by atoms with Gasteiger partial charge in [-0.3, -0.25) is 0 Å².